The smallest absolute Gasteiger partial charge is 0.314 e. The first-order valence-corrected chi connectivity index (χ1v) is 4.83. The first kappa shape index (κ1) is 9.11. The van der Waals surface area contributed by atoms with Gasteiger partial charge in [0.15, 0.2) is 0 Å². The van der Waals surface area contributed by atoms with Crippen molar-refractivity contribution in [3.05, 3.63) is 0 Å². The van der Waals surface area contributed by atoms with Gasteiger partial charge >= 0.3 is 12.1 Å². The van der Waals surface area contributed by atoms with Gasteiger partial charge in [-0.1, -0.05) is 0 Å². The number of carbonyl (C=O) groups excluding carboxylic acids is 2. The molecule has 14 heavy (non-hydrogen) atoms. The minimum atomic E-state index is -0.208. The van der Waals surface area contributed by atoms with E-state index < -0.39 is 0 Å². The average molecular weight is 198 g/mol. The highest BCUT2D eigenvalue weighted by atomic mass is 16.2. The highest BCUT2D eigenvalue weighted by Gasteiger charge is 2.48. The number of fused-ring (bicyclic) bond motifs is 1. The molecule has 2 rings (SSSR count). The molecule has 0 aromatic heterocycles. The van der Waals surface area contributed by atoms with Crippen LogP contribution in [-0.2, 0) is 0 Å². The third kappa shape index (κ3) is 1.03. The maximum absolute atomic E-state index is 11.4. The molecule has 2 fully saturated rings. The third-order valence-corrected chi connectivity index (χ3v) is 2.72. The zero-order chi connectivity index (χ0) is 10.3. The Labute approximate surface area is 82.2 Å². The fraction of sp³-hybridized carbons (Fsp3) is 0.750. The fourth-order valence-electron chi connectivity index (χ4n) is 2.01. The first-order chi connectivity index (χ1) is 6.69. The number of rotatable bonds is 2. The SMILES string of the molecule is CCN1C(=O)N[C@H]2[C@@H]1NC(=O)N2CC. The second-order valence-electron chi connectivity index (χ2n) is 3.36. The molecule has 0 saturated carbocycles. The van der Waals surface area contributed by atoms with Gasteiger partial charge < -0.3 is 20.4 Å². The summed E-state index contributed by atoms with van der Waals surface area (Å²) in [5.41, 5.74) is 0. The van der Waals surface area contributed by atoms with Crippen LogP contribution in [0.1, 0.15) is 13.8 Å². The summed E-state index contributed by atoms with van der Waals surface area (Å²) in [6.45, 7) is 4.99. The monoisotopic (exact) mass is 198 g/mol. The van der Waals surface area contributed by atoms with E-state index in [1.54, 1.807) is 9.80 Å². The van der Waals surface area contributed by atoms with Gasteiger partial charge in [-0.15, -0.1) is 0 Å². The second kappa shape index (κ2) is 3.04. The maximum Gasteiger partial charge on any atom is 0.320 e. The lowest BCUT2D eigenvalue weighted by Gasteiger charge is -2.19. The van der Waals surface area contributed by atoms with Crippen molar-refractivity contribution in [3.63, 3.8) is 0 Å². The van der Waals surface area contributed by atoms with Crippen molar-refractivity contribution in [2.24, 2.45) is 0 Å². The molecule has 0 aromatic carbocycles. The van der Waals surface area contributed by atoms with E-state index in [2.05, 4.69) is 10.6 Å². The molecule has 2 saturated heterocycles. The number of hydrogen-bond donors (Lipinski definition) is 2. The zero-order valence-corrected chi connectivity index (χ0v) is 8.28. The van der Waals surface area contributed by atoms with Gasteiger partial charge in [-0.25, -0.2) is 9.59 Å². The van der Waals surface area contributed by atoms with Crippen molar-refractivity contribution < 1.29 is 9.59 Å². The number of amides is 4. The van der Waals surface area contributed by atoms with Crippen LogP contribution in [0.25, 0.3) is 0 Å². The Balaban J connectivity index is 2.20. The van der Waals surface area contributed by atoms with Crippen molar-refractivity contribution in [2.45, 2.75) is 26.2 Å². The highest BCUT2D eigenvalue weighted by Crippen LogP contribution is 2.20. The van der Waals surface area contributed by atoms with Crippen LogP contribution in [0.3, 0.4) is 0 Å². The molecule has 0 aliphatic carbocycles. The lowest BCUT2D eigenvalue weighted by atomic mass is 10.4. The molecule has 0 spiro atoms. The van der Waals surface area contributed by atoms with E-state index in [9.17, 15) is 9.59 Å². The average Bonchev–Trinajstić information content (AvgIpc) is 2.58. The zero-order valence-electron chi connectivity index (χ0n) is 8.28. The van der Waals surface area contributed by atoms with E-state index in [0.29, 0.717) is 13.1 Å². The Bertz CT molecular complexity index is 253. The van der Waals surface area contributed by atoms with E-state index in [1.165, 1.54) is 0 Å². The molecule has 2 heterocycles. The molecular weight excluding hydrogens is 184 g/mol. The van der Waals surface area contributed by atoms with Crippen LogP contribution < -0.4 is 10.6 Å². The number of hydrogen-bond acceptors (Lipinski definition) is 2. The van der Waals surface area contributed by atoms with E-state index in [0.717, 1.165) is 0 Å². The summed E-state index contributed by atoms with van der Waals surface area (Å²) in [5, 5.41) is 5.56. The minimum Gasteiger partial charge on any atom is -0.314 e. The summed E-state index contributed by atoms with van der Waals surface area (Å²) in [7, 11) is 0. The summed E-state index contributed by atoms with van der Waals surface area (Å²) in [6, 6.07) is -0.220. The highest BCUT2D eigenvalue weighted by molar-refractivity contribution is 5.84. The molecule has 2 atom stereocenters. The molecule has 2 aliphatic rings. The topological polar surface area (TPSA) is 64.7 Å². The van der Waals surface area contributed by atoms with Crippen LogP contribution in [0, 0.1) is 0 Å². The van der Waals surface area contributed by atoms with Gasteiger partial charge in [0.2, 0.25) is 0 Å². The van der Waals surface area contributed by atoms with Gasteiger partial charge in [0.25, 0.3) is 0 Å². The molecule has 0 unspecified atom stereocenters. The number of nitrogens with one attached hydrogen (secondary N) is 2. The molecule has 6 heteroatoms. The largest absolute Gasteiger partial charge is 0.320 e. The fourth-order valence-corrected chi connectivity index (χ4v) is 2.01. The Kier molecular flexibility index (Phi) is 1.98. The number of likely N-dealkylation sites (N-methyl/N-ethyl adjacent to an activating group) is 2. The van der Waals surface area contributed by atoms with Crippen molar-refractivity contribution >= 4 is 12.1 Å². The van der Waals surface area contributed by atoms with E-state index in [-0.39, 0.29) is 24.4 Å². The lowest BCUT2D eigenvalue weighted by molar-refractivity contribution is 0.198. The molecule has 0 aromatic rings. The number of urea groups is 2. The predicted octanol–water partition coefficient (Wildman–Crippen LogP) is -0.271. The number of carbonyl (C=O) groups is 2. The summed E-state index contributed by atoms with van der Waals surface area (Å²) in [4.78, 5) is 26.1. The molecule has 78 valence electrons. The minimum absolute atomic E-state index is 0.110. The molecule has 2 aliphatic heterocycles. The molecule has 4 amide bonds. The van der Waals surface area contributed by atoms with Gasteiger partial charge in [0, 0.05) is 13.1 Å². The first-order valence-electron chi connectivity index (χ1n) is 4.83. The van der Waals surface area contributed by atoms with Crippen molar-refractivity contribution in [1.82, 2.24) is 20.4 Å². The van der Waals surface area contributed by atoms with Crippen molar-refractivity contribution in [1.29, 1.82) is 0 Å². The molecule has 0 radical (unpaired) electrons. The van der Waals surface area contributed by atoms with Crippen molar-refractivity contribution in [2.75, 3.05) is 13.1 Å². The summed E-state index contributed by atoms with van der Waals surface area (Å²) in [6.07, 6.45) is -0.417. The van der Waals surface area contributed by atoms with Crippen LogP contribution in [0.2, 0.25) is 0 Å². The van der Waals surface area contributed by atoms with Crippen molar-refractivity contribution in [3.8, 4) is 0 Å². The lowest BCUT2D eigenvalue weighted by Crippen LogP contribution is -2.43. The van der Waals surface area contributed by atoms with E-state index in [4.69, 9.17) is 0 Å². The van der Waals surface area contributed by atoms with Crippen LogP contribution in [0.4, 0.5) is 9.59 Å². The molecular formula is C8H14N4O2. The van der Waals surface area contributed by atoms with Crippen LogP contribution in [0.5, 0.6) is 0 Å². The van der Waals surface area contributed by atoms with Gasteiger partial charge in [-0.3, -0.25) is 0 Å². The van der Waals surface area contributed by atoms with Gasteiger partial charge in [-0.2, -0.15) is 0 Å². The van der Waals surface area contributed by atoms with Gasteiger partial charge in [-0.05, 0) is 13.8 Å². The Morgan fingerprint density at radius 2 is 1.36 bits per heavy atom. The van der Waals surface area contributed by atoms with Crippen LogP contribution >= 0.6 is 0 Å². The normalized spacial score (nSPS) is 30.4. The van der Waals surface area contributed by atoms with Crippen LogP contribution in [-0.4, -0.2) is 47.3 Å². The van der Waals surface area contributed by atoms with E-state index in [1.807, 2.05) is 13.8 Å². The van der Waals surface area contributed by atoms with E-state index >= 15 is 0 Å². The standard InChI is InChI=1S/C8H14N4O2/c1-3-11-5-6(10-7(11)13)12(4-2)8(14)9-5/h5-6H,3-4H2,1-2H3,(H,9,14)(H,10,13)/t5-,6-/m1/s1. The summed E-state index contributed by atoms with van der Waals surface area (Å²) < 4.78 is 0. The molecule has 2 N–H and O–H groups in total. The number of nitrogens with zero attached hydrogens (tertiary/aromatic N) is 2. The summed E-state index contributed by atoms with van der Waals surface area (Å²) >= 11 is 0. The maximum atomic E-state index is 11.4. The Morgan fingerprint density at radius 3 is 1.64 bits per heavy atom. The van der Waals surface area contributed by atoms with Crippen LogP contribution in [0.15, 0.2) is 0 Å². The predicted molar refractivity (Wildman–Crippen MR) is 49.4 cm³/mol. The quantitative estimate of drug-likeness (QED) is 0.641. The molecule has 0 bridgehead atoms. The Hall–Kier alpha value is -1.46. The summed E-state index contributed by atoms with van der Waals surface area (Å²) in [5.74, 6) is 0. The molecule has 6 nitrogen and oxygen atoms in total. The van der Waals surface area contributed by atoms with Gasteiger partial charge in [0.1, 0.15) is 12.3 Å². The van der Waals surface area contributed by atoms with Gasteiger partial charge in [0.05, 0.1) is 0 Å². The third-order valence-electron chi connectivity index (χ3n) is 2.72. The Morgan fingerprint density at radius 1 is 1.00 bits per heavy atom. The second-order valence-corrected chi connectivity index (χ2v) is 3.36.